The number of carbonyl (C=O) groups excluding carboxylic acids is 1. The summed E-state index contributed by atoms with van der Waals surface area (Å²) in [5, 5.41) is 11.5. The minimum Gasteiger partial charge on any atom is -0.365 e. The Kier molecular flexibility index (Phi) is 6.26. The molecule has 0 radical (unpaired) electrons. The normalized spacial score (nSPS) is 13.3. The smallest absolute Gasteiger partial charge is 0.213 e. The summed E-state index contributed by atoms with van der Waals surface area (Å²) in [7, 11) is 0. The van der Waals surface area contributed by atoms with Crippen LogP contribution in [-0.4, -0.2) is 23.9 Å². The number of ether oxygens (including phenoxy) is 1. The van der Waals surface area contributed by atoms with E-state index in [0.717, 1.165) is 5.56 Å². The monoisotopic (exact) mass is 333 g/mol. The lowest BCUT2D eigenvalue weighted by molar-refractivity contribution is -0.485. The molecular weight excluding hydrogens is 318 g/mol. The van der Waals surface area contributed by atoms with E-state index in [9.17, 15) is 14.9 Å². The van der Waals surface area contributed by atoms with Crippen molar-refractivity contribution in [2.45, 2.75) is 18.6 Å². The van der Waals surface area contributed by atoms with Crippen LogP contribution in [0.4, 0.5) is 0 Å². The lowest BCUT2D eigenvalue weighted by Gasteiger charge is -2.20. The molecule has 0 N–H and O–H groups in total. The molecule has 0 aromatic heterocycles. The molecular formula is C17H16ClNO4. The predicted octanol–water partition coefficient (Wildman–Crippen LogP) is 3.48. The fourth-order valence-electron chi connectivity index (χ4n) is 2.29. The number of aldehydes is 1. The van der Waals surface area contributed by atoms with Gasteiger partial charge in [-0.1, -0.05) is 54.1 Å². The Morgan fingerprint density at radius 2 is 1.78 bits per heavy atom. The maximum absolute atomic E-state index is 11.4. The highest BCUT2D eigenvalue weighted by molar-refractivity contribution is 6.30. The number of hydrogen-bond donors (Lipinski definition) is 0. The topological polar surface area (TPSA) is 69.4 Å². The Balaban J connectivity index is 2.15. The van der Waals surface area contributed by atoms with E-state index in [1.165, 1.54) is 0 Å². The summed E-state index contributed by atoms with van der Waals surface area (Å²) in [5.41, 5.74) is 1.55. The Bertz CT molecular complexity index is 645. The number of hydrogen-bond acceptors (Lipinski definition) is 4. The fraction of sp³-hybridized carbons (Fsp3) is 0.235. The molecule has 6 heteroatoms. The van der Waals surface area contributed by atoms with E-state index in [4.69, 9.17) is 16.3 Å². The average molecular weight is 334 g/mol. The number of carbonyl (C=O) groups is 1. The van der Waals surface area contributed by atoms with Crippen molar-refractivity contribution in [3.05, 3.63) is 80.9 Å². The summed E-state index contributed by atoms with van der Waals surface area (Å²) in [6.07, 6.45) is -0.284. The molecule has 120 valence electrons. The number of halogens is 1. The molecule has 0 fully saturated rings. The zero-order chi connectivity index (χ0) is 16.7. The fourth-order valence-corrected chi connectivity index (χ4v) is 2.41. The van der Waals surface area contributed by atoms with Gasteiger partial charge in [-0.25, -0.2) is 0 Å². The van der Waals surface area contributed by atoms with E-state index < -0.39 is 16.9 Å². The van der Waals surface area contributed by atoms with Crippen LogP contribution < -0.4 is 0 Å². The molecule has 2 aromatic carbocycles. The van der Waals surface area contributed by atoms with Gasteiger partial charge in [0.05, 0.1) is 12.5 Å². The van der Waals surface area contributed by atoms with Crippen molar-refractivity contribution >= 4 is 17.9 Å². The molecule has 2 aromatic rings. The van der Waals surface area contributed by atoms with Crippen molar-refractivity contribution in [3.63, 3.8) is 0 Å². The lowest BCUT2D eigenvalue weighted by atomic mass is 9.94. The van der Waals surface area contributed by atoms with Crippen molar-refractivity contribution in [2.75, 3.05) is 6.54 Å². The van der Waals surface area contributed by atoms with Gasteiger partial charge in [-0.3, -0.25) is 10.1 Å². The second-order valence-electron chi connectivity index (χ2n) is 5.07. The molecule has 0 bridgehead atoms. The van der Waals surface area contributed by atoms with Gasteiger partial charge in [0, 0.05) is 9.95 Å². The third kappa shape index (κ3) is 5.16. The van der Waals surface area contributed by atoms with Gasteiger partial charge in [0.1, 0.15) is 12.4 Å². The lowest BCUT2D eigenvalue weighted by Crippen LogP contribution is -2.29. The van der Waals surface area contributed by atoms with Crippen molar-refractivity contribution < 1.29 is 14.5 Å². The standard InChI is InChI=1S/C17H16ClNO4/c18-15-8-6-14(7-9-15)16(10-19(21)22)17(11-20)23-12-13-4-2-1-3-5-13/h1-9,11,16-17H,10,12H2/t16-,17+/m1/s1. The summed E-state index contributed by atoms with van der Waals surface area (Å²) < 4.78 is 5.62. The molecule has 2 rings (SSSR count). The van der Waals surface area contributed by atoms with Crippen molar-refractivity contribution in [2.24, 2.45) is 0 Å². The highest BCUT2D eigenvalue weighted by Crippen LogP contribution is 2.24. The predicted molar refractivity (Wildman–Crippen MR) is 87.1 cm³/mol. The van der Waals surface area contributed by atoms with E-state index in [1.807, 2.05) is 30.3 Å². The number of benzene rings is 2. The summed E-state index contributed by atoms with van der Waals surface area (Å²) >= 11 is 5.84. The van der Waals surface area contributed by atoms with Gasteiger partial charge in [-0.05, 0) is 23.3 Å². The zero-order valence-corrected chi connectivity index (χ0v) is 13.1. The van der Waals surface area contributed by atoms with Gasteiger partial charge in [0.25, 0.3) is 0 Å². The van der Waals surface area contributed by atoms with Crippen LogP contribution in [0.2, 0.25) is 5.02 Å². The molecule has 0 aliphatic rings. The molecule has 23 heavy (non-hydrogen) atoms. The highest BCUT2D eigenvalue weighted by atomic mass is 35.5. The second-order valence-corrected chi connectivity index (χ2v) is 5.51. The first-order valence-corrected chi connectivity index (χ1v) is 7.46. The first-order chi connectivity index (χ1) is 11.1. The zero-order valence-electron chi connectivity index (χ0n) is 12.3. The summed E-state index contributed by atoms with van der Waals surface area (Å²) in [6, 6.07) is 16.0. The first kappa shape index (κ1) is 17.1. The molecule has 0 saturated heterocycles. The number of nitrogens with zero attached hydrogens (tertiary/aromatic N) is 1. The minimum atomic E-state index is -0.901. The maximum atomic E-state index is 11.4. The number of rotatable bonds is 8. The molecule has 0 unspecified atom stereocenters. The van der Waals surface area contributed by atoms with Crippen LogP contribution in [0.5, 0.6) is 0 Å². The van der Waals surface area contributed by atoms with E-state index in [1.54, 1.807) is 24.3 Å². The Hall–Kier alpha value is -2.24. The largest absolute Gasteiger partial charge is 0.365 e. The summed E-state index contributed by atoms with van der Waals surface area (Å²) in [4.78, 5) is 21.9. The molecule has 0 heterocycles. The van der Waals surface area contributed by atoms with E-state index in [2.05, 4.69) is 0 Å². The van der Waals surface area contributed by atoms with Crippen LogP contribution in [0, 0.1) is 10.1 Å². The van der Waals surface area contributed by atoms with E-state index >= 15 is 0 Å². The minimum absolute atomic E-state index is 0.214. The molecule has 0 saturated carbocycles. The first-order valence-electron chi connectivity index (χ1n) is 7.08. The van der Waals surface area contributed by atoms with Gasteiger partial charge in [-0.2, -0.15) is 0 Å². The second kappa shape index (κ2) is 8.41. The Labute approximate surface area is 139 Å². The van der Waals surface area contributed by atoms with Crippen LogP contribution >= 0.6 is 11.6 Å². The summed E-state index contributed by atoms with van der Waals surface area (Å²) in [6.45, 7) is -0.175. The van der Waals surface area contributed by atoms with Gasteiger partial charge >= 0.3 is 0 Å². The van der Waals surface area contributed by atoms with Crippen LogP contribution in [0.15, 0.2) is 54.6 Å². The van der Waals surface area contributed by atoms with Crippen LogP contribution in [0.3, 0.4) is 0 Å². The van der Waals surface area contributed by atoms with Crippen molar-refractivity contribution in [3.8, 4) is 0 Å². The molecule has 0 spiro atoms. The Morgan fingerprint density at radius 1 is 1.13 bits per heavy atom. The third-order valence-corrected chi connectivity index (χ3v) is 3.71. The molecule has 0 aliphatic carbocycles. The quantitative estimate of drug-likeness (QED) is 0.421. The SMILES string of the molecule is O=C[C@H](OCc1ccccc1)[C@H](C[N+](=O)[O-])c1ccc(Cl)cc1. The van der Waals surface area contributed by atoms with Crippen LogP contribution in [0.25, 0.3) is 0 Å². The van der Waals surface area contributed by atoms with Gasteiger partial charge in [0.15, 0.2) is 0 Å². The van der Waals surface area contributed by atoms with Gasteiger partial charge < -0.3 is 9.53 Å². The average Bonchev–Trinajstić information content (AvgIpc) is 2.56. The highest BCUT2D eigenvalue weighted by Gasteiger charge is 2.28. The van der Waals surface area contributed by atoms with E-state index in [-0.39, 0.29) is 13.2 Å². The van der Waals surface area contributed by atoms with Gasteiger partial charge in [-0.15, -0.1) is 0 Å². The summed E-state index contributed by atoms with van der Waals surface area (Å²) in [5.74, 6) is -0.663. The van der Waals surface area contributed by atoms with Crippen molar-refractivity contribution in [1.29, 1.82) is 0 Å². The van der Waals surface area contributed by atoms with Crippen molar-refractivity contribution in [1.82, 2.24) is 0 Å². The van der Waals surface area contributed by atoms with E-state index in [0.29, 0.717) is 16.9 Å². The maximum Gasteiger partial charge on any atom is 0.213 e. The Morgan fingerprint density at radius 3 is 2.35 bits per heavy atom. The number of nitro groups is 1. The van der Waals surface area contributed by atoms with Crippen LogP contribution in [-0.2, 0) is 16.1 Å². The molecule has 2 atom stereocenters. The third-order valence-electron chi connectivity index (χ3n) is 3.46. The molecule has 0 amide bonds. The molecule has 0 aliphatic heterocycles. The van der Waals surface area contributed by atoms with Gasteiger partial charge in [0.2, 0.25) is 6.54 Å². The van der Waals surface area contributed by atoms with Crippen LogP contribution in [0.1, 0.15) is 17.0 Å². The molecule has 5 nitrogen and oxygen atoms in total.